The van der Waals surface area contributed by atoms with E-state index in [4.69, 9.17) is 4.74 Å². The first kappa shape index (κ1) is 19.8. The summed E-state index contributed by atoms with van der Waals surface area (Å²) in [5.41, 5.74) is 7.83. The zero-order valence-corrected chi connectivity index (χ0v) is 16.8. The lowest BCUT2D eigenvalue weighted by Crippen LogP contribution is -2.25. The summed E-state index contributed by atoms with van der Waals surface area (Å²) in [4.78, 5) is 17.6. The first-order chi connectivity index (χ1) is 13.5. The van der Waals surface area contributed by atoms with E-state index in [0.29, 0.717) is 36.4 Å². The van der Waals surface area contributed by atoms with Crippen LogP contribution >= 0.6 is 0 Å². The predicted octanol–water partition coefficient (Wildman–Crippen LogP) is 3.89. The molecule has 28 heavy (non-hydrogen) atoms. The molecule has 0 aliphatic rings. The van der Waals surface area contributed by atoms with Gasteiger partial charge in [-0.1, -0.05) is 29.8 Å². The van der Waals surface area contributed by atoms with E-state index in [1.807, 2.05) is 25.1 Å². The van der Waals surface area contributed by atoms with Gasteiger partial charge in [-0.25, -0.2) is 10.4 Å². The number of ether oxygens (including phenoxy) is 1. The Morgan fingerprint density at radius 1 is 1.21 bits per heavy atom. The van der Waals surface area contributed by atoms with Gasteiger partial charge in [-0.05, 0) is 51.0 Å². The Labute approximate surface area is 164 Å². The molecule has 0 unspecified atom stereocenters. The van der Waals surface area contributed by atoms with Gasteiger partial charge in [0.15, 0.2) is 0 Å². The number of nitrogens with zero attached hydrogens (tertiary/aromatic N) is 3. The fourth-order valence-corrected chi connectivity index (χ4v) is 3.15. The van der Waals surface area contributed by atoms with E-state index in [9.17, 15) is 4.79 Å². The summed E-state index contributed by atoms with van der Waals surface area (Å²) in [5.74, 6) is 0.435. The Bertz CT molecular complexity index is 1070. The number of nitrogens with one attached hydrogen (secondary N) is 1. The molecule has 0 amide bonds. The predicted molar refractivity (Wildman–Crippen MR) is 114 cm³/mol. The first-order valence-electron chi connectivity index (χ1n) is 9.37. The molecule has 1 N–H and O–H groups in total. The summed E-state index contributed by atoms with van der Waals surface area (Å²) in [7, 11) is 1.65. The molecule has 2 aromatic carbocycles. The minimum absolute atomic E-state index is 0.0798. The molecule has 0 saturated heterocycles. The van der Waals surface area contributed by atoms with Gasteiger partial charge in [-0.15, -0.1) is 0 Å². The number of hydrogen-bond acceptors (Lipinski definition) is 5. The van der Waals surface area contributed by atoms with Crippen molar-refractivity contribution in [2.75, 3.05) is 19.1 Å². The molecule has 0 spiro atoms. The number of anilines is 1. The van der Waals surface area contributed by atoms with Crippen molar-refractivity contribution in [1.82, 2.24) is 9.55 Å². The van der Waals surface area contributed by atoms with E-state index in [-0.39, 0.29) is 5.56 Å². The molecule has 146 valence electrons. The molecule has 1 heterocycles. The fourth-order valence-electron chi connectivity index (χ4n) is 3.15. The molecule has 1 aromatic heterocycles. The second-order valence-electron chi connectivity index (χ2n) is 6.88. The van der Waals surface area contributed by atoms with Gasteiger partial charge in [-0.3, -0.25) is 9.36 Å². The molecule has 0 radical (unpaired) electrons. The summed E-state index contributed by atoms with van der Waals surface area (Å²) in [5, 5.41) is 5.11. The molecule has 0 bridgehead atoms. The van der Waals surface area contributed by atoms with E-state index in [1.54, 1.807) is 17.7 Å². The van der Waals surface area contributed by atoms with Crippen molar-refractivity contribution in [1.29, 1.82) is 0 Å². The molecule has 0 aliphatic heterocycles. The first-order valence-corrected chi connectivity index (χ1v) is 9.37. The summed E-state index contributed by atoms with van der Waals surface area (Å²) < 4.78 is 6.75. The maximum Gasteiger partial charge on any atom is 0.262 e. The normalized spacial score (nSPS) is 11.8. The number of methoxy groups -OCH3 is 1. The van der Waals surface area contributed by atoms with Crippen LogP contribution in [0.3, 0.4) is 0 Å². The van der Waals surface area contributed by atoms with Gasteiger partial charge in [0.2, 0.25) is 5.95 Å². The van der Waals surface area contributed by atoms with Crippen molar-refractivity contribution in [3.05, 3.63) is 69.5 Å². The standard InChI is InChI=1S/C22H26N4O2/c1-15-10-11-16(2)19(14-15)17(3)24-25-22-23-20-9-6-5-8-18(20)21(27)26(22)12-7-13-28-4/h5-6,8-11,14H,7,12-13H2,1-4H3,(H,23,25)/b24-17-. The van der Waals surface area contributed by atoms with Crippen LogP contribution in [0.4, 0.5) is 5.95 Å². The van der Waals surface area contributed by atoms with Crippen molar-refractivity contribution < 1.29 is 4.74 Å². The lowest BCUT2D eigenvalue weighted by Gasteiger charge is -2.13. The van der Waals surface area contributed by atoms with Crippen molar-refractivity contribution in [2.24, 2.45) is 5.10 Å². The van der Waals surface area contributed by atoms with Crippen LogP contribution in [0.25, 0.3) is 10.9 Å². The van der Waals surface area contributed by atoms with Gasteiger partial charge in [0.1, 0.15) is 0 Å². The second kappa shape index (κ2) is 8.80. The largest absolute Gasteiger partial charge is 0.385 e. The van der Waals surface area contributed by atoms with Crippen LogP contribution in [-0.4, -0.2) is 29.0 Å². The number of hydrogen-bond donors (Lipinski definition) is 1. The Balaban J connectivity index is 1.99. The molecule has 6 heteroatoms. The maximum atomic E-state index is 13.0. The molecule has 3 rings (SSSR count). The number of rotatable bonds is 7. The SMILES string of the molecule is COCCCn1c(N/N=C(/C)c2cc(C)ccc2C)nc2ccccc2c1=O. The highest BCUT2D eigenvalue weighted by atomic mass is 16.5. The molecule has 0 saturated carbocycles. The van der Waals surface area contributed by atoms with Crippen LogP contribution < -0.4 is 11.0 Å². The summed E-state index contributed by atoms with van der Waals surface area (Å²) in [6.07, 6.45) is 0.713. The van der Waals surface area contributed by atoms with Gasteiger partial charge >= 0.3 is 0 Å². The molecule has 0 aliphatic carbocycles. The van der Waals surface area contributed by atoms with Crippen molar-refractivity contribution in [3.63, 3.8) is 0 Å². The minimum atomic E-state index is -0.0798. The fraction of sp³-hybridized carbons (Fsp3) is 0.318. The Hall–Kier alpha value is -2.99. The highest BCUT2D eigenvalue weighted by Crippen LogP contribution is 2.14. The molecule has 6 nitrogen and oxygen atoms in total. The molecular weight excluding hydrogens is 352 g/mol. The number of fused-ring (bicyclic) bond motifs is 1. The van der Waals surface area contributed by atoms with Crippen LogP contribution in [0.15, 0.2) is 52.4 Å². The maximum absolute atomic E-state index is 13.0. The summed E-state index contributed by atoms with van der Waals surface area (Å²) >= 11 is 0. The lowest BCUT2D eigenvalue weighted by molar-refractivity contribution is 0.190. The van der Waals surface area contributed by atoms with E-state index >= 15 is 0 Å². The monoisotopic (exact) mass is 378 g/mol. The van der Waals surface area contributed by atoms with E-state index < -0.39 is 0 Å². The van der Waals surface area contributed by atoms with Crippen LogP contribution in [0.5, 0.6) is 0 Å². The van der Waals surface area contributed by atoms with Crippen molar-refractivity contribution in [2.45, 2.75) is 33.7 Å². The third kappa shape index (κ3) is 4.28. The van der Waals surface area contributed by atoms with E-state index in [0.717, 1.165) is 16.8 Å². The Morgan fingerprint density at radius 3 is 2.79 bits per heavy atom. The quantitative estimate of drug-likeness (QED) is 0.385. The molecule has 0 fully saturated rings. The molecule has 0 atom stereocenters. The minimum Gasteiger partial charge on any atom is -0.385 e. The van der Waals surface area contributed by atoms with E-state index in [1.165, 1.54) is 5.56 Å². The highest BCUT2D eigenvalue weighted by Gasteiger charge is 2.11. The van der Waals surface area contributed by atoms with Gasteiger partial charge in [0, 0.05) is 25.8 Å². The number of hydrazone groups is 1. The number of benzene rings is 2. The lowest BCUT2D eigenvalue weighted by atomic mass is 10.0. The molecule has 3 aromatic rings. The topological polar surface area (TPSA) is 68.5 Å². The van der Waals surface area contributed by atoms with Gasteiger partial charge in [0.05, 0.1) is 16.6 Å². The zero-order chi connectivity index (χ0) is 20.1. The second-order valence-corrected chi connectivity index (χ2v) is 6.88. The average molecular weight is 378 g/mol. The van der Waals surface area contributed by atoms with Gasteiger partial charge in [-0.2, -0.15) is 5.10 Å². The Morgan fingerprint density at radius 2 is 2.00 bits per heavy atom. The number of aromatic nitrogens is 2. The van der Waals surface area contributed by atoms with Gasteiger partial charge < -0.3 is 4.74 Å². The van der Waals surface area contributed by atoms with Gasteiger partial charge in [0.25, 0.3) is 5.56 Å². The van der Waals surface area contributed by atoms with Crippen LogP contribution in [0.1, 0.15) is 30.0 Å². The third-order valence-corrected chi connectivity index (χ3v) is 4.70. The Kier molecular flexibility index (Phi) is 6.21. The van der Waals surface area contributed by atoms with Crippen molar-refractivity contribution >= 4 is 22.6 Å². The molecular formula is C22H26N4O2. The number of para-hydroxylation sites is 1. The van der Waals surface area contributed by atoms with Crippen molar-refractivity contribution in [3.8, 4) is 0 Å². The smallest absolute Gasteiger partial charge is 0.262 e. The van der Waals surface area contributed by atoms with Crippen LogP contribution in [0.2, 0.25) is 0 Å². The number of aryl methyl sites for hydroxylation is 2. The summed E-state index contributed by atoms with van der Waals surface area (Å²) in [6.45, 7) is 7.14. The zero-order valence-electron chi connectivity index (χ0n) is 16.8. The third-order valence-electron chi connectivity index (χ3n) is 4.70. The van der Waals surface area contributed by atoms with E-state index in [2.05, 4.69) is 47.6 Å². The average Bonchev–Trinajstić information content (AvgIpc) is 2.70. The van der Waals surface area contributed by atoms with Crippen LogP contribution in [-0.2, 0) is 11.3 Å². The van der Waals surface area contributed by atoms with Crippen LogP contribution in [0, 0.1) is 13.8 Å². The summed E-state index contributed by atoms with van der Waals surface area (Å²) in [6, 6.07) is 13.6. The highest BCUT2D eigenvalue weighted by molar-refractivity contribution is 6.00.